The van der Waals surface area contributed by atoms with Crippen LogP contribution in [0, 0.1) is 17.6 Å². The molecule has 0 heterocycles. The second-order valence-electron chi connectivity index (χ2n) is 4.30. The van der Waals surface area contributed by atoms with Gasteiger partial charge in [-0.05, 0) is 36.2 Å². The molecule has 0 aliphatic rings. The normalized spacial score (nSPS) is 11.9. The van der Waals surface area contributed by atoms with Gasteiger partial charge in [-0.25, -0.2) is 4.39 Å². The summed E-state index contributed by atoms with van der Waals surface area (Å²) in [6.45, 7) is 1.94. The Morgan fingerprint density at radius 2 is 1.84 bits per heavy atom. The number of rotatable bonds is 4. The van der Waals surface area contributed by atoms with Crippen molar-refractivity contribution in [3.63, 3.8) is 0 Å². The minimum atomic E-state index is -0.698. The van der Waals surface area contributed by atoms with Gasteiger partial charge in [0.1, 0.15) is 17.6 Å². The average Bonchev–Trinajstić information content (AvgIpc) is 2.43. The number of nitrogens with zero attached hydrogens (tertiary/aromatic N) is 1. The first-order chi connectivity index (χ1) is 9.15. The van der Waals surface area contributed by atoms with Crippen molar-refractivity contribution >= 4 is 0 Å². The van der Waals surface area contributed by atoms with Crippen molar-refractivity contribution in [2.24, 2.45) is 5.18 Å². The summed E-state index contributed by atoms with van der Waals surface area (Å²) in [5.74, 6) is 0.262. The first kappa shape index (κ1) is 13.2. The monoisotopic (exact) mass is 259 g/mol. The summed E-state index contributed by atoms with van der Waals surface area (Å²) < 4.78 is 18.2. The van der Waals surface area contributed by atoms with E-state index in [2.05, 4.69) is 5.18 Å². The van der Waals surface area contributed by atoms with Crippen molar-refractivity contribution in [3.8, 4) is 5.75 Å². The molecular formula is C15H14FNO2. The molecule has 1 unspecified atom stereocenters. The lowest BCUT2D eigenvalue weighted by Crippen LogP contribution is -2.01. The zero-order chi connectivity index (χ0) is 13.8. The molecule has 0 bridgehead atoms. The molecule has 0 aromatic heterocycles. The van der Waals surface area contributed by atoms with Crippen LogP contribution in [0.15, 0.2) is 47.6 Å². The summed E-state index contributed by atoms with van der Waals surface area (Å²) in [6, 6.07) is 10.6. The van der Waals surface area contributed by atoms with Crippen molar-refractivity contribution in [1.82, 2.24) is 0 Å². The molecule has 0 spiro atoms. The highest BCUT2D eigenvalue weighted by atomic mass is 19.1. The fourth-order valence-corrected chi connectivity index (χ4v) is 1.99. The topological polar surface area (TPSA) is 38.7 Å². The maximum atomic E-state index is 12.9. The Morgan fingerprint density at radius 1 is 1.16 bits per heavy atom. The smallest absolute Gasteiger partial charge is 0.145 e. The fourth-order valence-electron chi connectivity index (χ4n) is 1.99. The van der Waals surface area contributed by atoms with Gasteiger partial charge in [0.15, 0.2) is 0 Å². The Hall–Kier alpha value is -2.23. The highest BCUT2D eigenvalue weighted by Crippen LogP contribution is 2.33. The van der Waals surface area contributed by atoms with Crippen LogP contribution in [0.1, 0.15) is 22.7 Å². The van der Waals surface area contributed by atoms with E-state index in [4.69, 9.17) is 4.74 Å². The quantitative estimate of drug-likeness (QED) is 0.778. The second kappa shape index (κ2) is 5.61. The molecule has 19 heavy (non-hydrogen) atoms. The van der Waals surface area contributed by atoms with Crippen molar-refractivity contribution in [1.29, 1.82) is 0 Å². The van der Waals surface area contributed by atoms with Gasteiger partial charge in [0.25, 0.3) is 0 Å². The van der Waals surface area contributed by atoms with Crippen LogP contribution in [0.25, 0.3) is 0 Å². The van der Waals surface area contributed by atoms with Gasteiger partial charge in [-0.2, -0.15) is 0 Å². The van der Waals surface area contributed by atoms with Gasteiger partial charge in [-0.1, -0.05) is 29.4 Å². The molecular weight excluding hydrogens is 245 g/mol. The van der Waals surface area contributed by atoms with Crippen LogP contribution in [0.2, 0.25) is 0 Å². The standard InChI is InChI=1S/C15H14FNO2/c1-10-3-8-13(14(9-10)19-2)15(17-18)11-4-6-12(16)7-5-11/h3-9,15H,1-2H3. The number of hydrogen-bond donors (Lipinski definition) is 0. The van der Waals surface area contributed by atoms with Gasteiger partial charge in [0, 0.05) is 5.56 Å². The Labute approximate surface area is 111 Å². The first-order valence-corrected chi connectivity index (χ1v) is 5.88. The number of hydrogen-bond acceptors (Lipinski definition) is 3. The molecule has 98 valence electrons. The Kier molecular flexibility index (Phi) is 3.90. The summed E-state index contributed by atoms with van der Waals surface area (Å²) in [5, 5.41) is 3.14. The largest absolute Gasteiger partial charge is 0.496 e. The average molecular weight is 259 g/mol. The van der Waals surface area contributed by atoms with Crippen LogP contribution in [-0.4, -0.2) is 7.11 Å². The van der Waals surface area contributed by atoms with Crippen LogP contribution >= 0.6 is 0 Å². The SMILES string of the molecule is COc1cc(C)ccc1C(N=O)c1ccc(F)cc1. The molecule has 2 aromatic carbocycles. The highest BCUT2D eigenvalue weighted by molar-refractivity contribution is 5.43. The zero-order valence-corrected chi connectivity index (χ0v) is 10.8. The molecule has 0 radical (unpaired) electrons. The van der Waals surface area contributed by atoms with E-state index in [1.54, 1.807) is 19.2 Å². The molecule has 1 atom stereocenters. The molecule has 2 aromatic rings. The summed E-state index contributed by atoms with van der Waals surface area (Å²) in [7, 11) is 1.55. The van der Waals surface area contributed by atoms with Crippen LogP contribution in [0.3, 0.4) is 0 Å². The zero-order valence-electron chi connectivity index (χ0n) is 10.8. The molecule has 0 aliphatic heterocycles. The van der Waals surface area contributed by atoms with Gasteiger partial charge >= 0.3 is 0 Å². The number of aryl methyl sites for hydroxylation is 1. The number of ether oxygens (including phenoxy) is 1. The maximum absolute atomic E-state index is 12.9. The third kappa shape index (κ3) is 2.78. The summed E-state index contributed by atoms with van der Waals surface area (Å²) in [4.78, 5) is 11.1. The van der Waals surface area contributed by atoms with Crippen molar-refractivity contribution in [2.75, 3.05) is 7.11 Å². The molecule has 3 nitrogen and oxygen atoms in total. The van der Waals surface area contributed by atoms with E-state index < -0.39 is 6.04 Å². The summed E-state index contributed by atoms with van der Waals surface area (Å²) in [5.41, 5.74) is 2.35. The lowest BCUT2D eigenvalue weighted by atomic mass is 9.97. The minimum Gasteiger partial charge on any atom is -0.496 e. The maximum Gasteiger partial charge on any atom is 0.145 e. The van der Waals surface area contributed by atoms with Crippen molar-refractivity contribution in [2.45, 2.75) is 13.0 Å². The number of halogens is 1. The molecule has 0 saturated carbocycles. The van der Waals surface area contributed by atoms with E-state index in [0.717, 1.165) is 5.56 Å². The molecule has 0 N–H and O–H groups in total. The van der Waals surface area contributed by atoms with Crippen LogP contribution < -0.4 is 4.74 Å². The number of nitroso groups, excluding NO2 is 1. The van der Waals surface area contributed by atoms with Gasteiger partial charge in [0.2, 0.25) is 0 Å². The third-order valence-corrected chi connectivity index (χ3v) is 2.97. The summed E-state index contributed by atoms with van der Waals surface area (Å²) >= 11 is 0. The molecule has 0 aliphatic carbocycles. The molecule has 0 saturated heterocycles. The molecule has 0 amide bonds. The van der Waals surface area contributed by atoms with E-state index in [0.29, 0.717) is 16.9 Å². The predicted molar refractivity (Wildman–Crippen MR) is 71.8 cm³/mol. The lowest BCUT2D eigenvalue weighted by Gasteiger charge is -2.14. The van der Waals surface area contributed by atoms with Crippen molar-refractivity contribution < 1.29 is 9.13 Å². The highest BCUT2D eigenvalue weighted by Gasteiger charge is 2.19. The van der Waals surface area contributed by atoms with Gasteiger partial charge in [0.05, 0.1) is 7.11 Å². The first-order valence-electron chi connectivity index (χ1n) is 5.88. The van der Waals surface area contributed by atoms with E-state index in [1.807, 2.05) is 25.1 Å². The predicted octanol–water partition coefficient (Wildman–Crippen LogP) is 4.00. The minimum absolute atomic E-state index is 0.343. The number of benzene rings is 2. The number of methoxy groups -OCH3 is 1. The molecule has 2 rings (SSSR count). The fraction of sp³-hybridized carbons (Fsp3) is 0.200. The lowest BCUT2D eigenvalue weighted by molar-refractivity contribution is 0.407. The Morgan fingerprint density at radius 3 is 2.42 bits per heavy atom. The van der Waals surface area contributed by atoms with Crippen molar-refractivity contribution in [3.05, 3.63) is 69.9 Å². The Bertz CT molecular complexity index is 581. The van der Waals surface area contributed by atoms with Crippen LogP contribution in [0.4, 0.5) is 4.39 Å². The third-order valence-electron chi connectivity index (χ3n) is 2.97. The second-order valence-corrected chi connectivity index (χ2v) is 4.30. The van der Waals surface area contributed by atoms with Gasteiger partial charge in [-0.15, -0.1) is 4.91 Å². The van der Waals surface area contributed by atoms with Gasteiger partial charge in [-0.3, -0.25) is 0 Å². The van der Waals surface area contributed by atoms with E-state index in [-0.39, 0.29) is 5.82 Å². The van der Waals surface area contributed by atoms with Crippen LogP contribution in [-0.2, 0) is 0 Å². The molecule has 0 fully saturated rings. The van der Waals surface area contributed by atoms with Gasteiger partial charge < -0.3 is 4.74 Å². The van der Waals surface area contributed by atoms with E-state index in [9.17, 15) is 9.30 Å². The summed E-state index contributed by atoms with van der Waals surface area (Å²) in [6.07, 6.45) is 0. The van der Waals surface area contributed by atoms with E-state index >= 15 is 0 Å². The van der Waals surface area contributed by atoms with E-state index in [1.165, 1.54) is 12.1 Å². The molecule has 4 heteroatoms. The van der Waals surface area contributed by atoms with Crippen LogP contribution in [0.5, 0.6) is 5.75 Å². The Balaban J connectivity index is 2.47.